The van der Waals surface area contributed by atoms with Crippen molar-refractivity contribution in [2.45, 2.75) is 20.3 Å². The molecule has 1 aromatic rings. The minimum Gasteiger partial charge on any atom is -0.396 e. The lowest BCUT2D eigenvalue weighted by molar-refractivity contribution is -0.117. The molecule has 4 nitrogen and oxygen atoms in total. The van der Waals surface area contributed by atoms with Crippen LogP contribution in [0.1, 0.15) is 18.9 Å². The van der Waals surface area contributed by atoms with E-state index in [-0.39, 0.29) is 12.5 Å². The fraction of sp³-hybridized carbons (Fsp3) is 0.500. The van der Waals surface area contributed by atoms with Crippen molar-refractivity contribution < 1.29 is 9.90 Å². The Morgan fingerprint density at radius 1 is 1.33 bits per heavy atom. The molecule has 100 valence electrons. The van der Waals surface area contributed by atoms with Crippen LogP contribution in [-0.2, 0) is 4.79 Å². The monoisotopic (exact) mass is 250 g/mol. The second kappa shape index (κ2) is 7.84. The summed E-state index contributed by atoms with van der Waals surface area (Å²) in [5, 5.41) is 11.6. The lowest BCUT2D eigenvalue weighted by Gasteiger charge is -2.19. The third kappa shape index (κ3) is 5.29. The normalized spacial score (nSPS) is 10.7. The average Bonchev–Trinajstić information content (AvgIpc) is 2.37. The van der Waals surface area contributed by atoms with Crippen molar-refractivity contribution in [3.8, 4) is 0 Å². The summed E-state index contributed by atoms with van der Waals surface area (Å²) in [6, 6.07) is 7.74. The van der Waals surface area contributed by atoms with Gasteiger partial charge in [-0.05, 0) is 32.0 Å². The topological polar surface area (TPSA) is 52.6 Å². The first kappa shape index (κ1) is 14.7. The molecule has 0 aromatic heterocycles. The van der Waals surface area contributed by atoms with Crippen molar-refractivity contribution in [3.05, 3.63) is 29.8 Å². The van der Waals surface area contributed by atoms with Crippen LogP contribution in [-0.4, -0.2) is 42.2 Å². The minimum absolute atomic E-state index is 0.0151. The second-order valence-corrected chi connectivity index (χ2v) is 4.36. The van der Waals surface area contributed by atoms with E-state index in [2.05, 4.69) is 5.32 Å². The van der Waals surface area contributed by atoms with Crippen molar-refractivity contribution in [3.63, 3.8) is 0 Å². The maximum Gasteiger partial charge on any atom is 0.238 e. The zero-order chi connectivity index (χ0) is 13.4. The fourth-order valence-corrected chi connectivity index (χ4v) is 1.68. The number of nitrogens with zero attached hydrogens (tertiary/aromatic N) is 1. The van der Waals surface area contributed by atoms with E-state index in [9.17, 15) is 4.79 Å². The number of anilines is 1. The van der Waals surface area contributed by atoms with Crippen LogP contribution in [0.4, 0.5) is 5.69 Å². The summed E-state index contributed by atoms with van der Waals surface area (Å²) in [5.74, 6) is -0.0151. The number of aliphatic hydroxyl groups is 1. The summed E-state index contributed by atoms with van der Waals surface area (Å²) in [6.07, 6.45) is 0.700. The smallest absolute Gasteiger partial charge is 0.238 e. The number of rotatable bonds is 7. The van der Waals surface area contributed by atoms with Gasteiger partial charge in [-0.2, -0.15) is 0 Å². The first-order valence-corrected chi connectivity index (χ1v) is 6.35. The van der Waals surface area contributed by atoms with Gasteiger partial charge in [0, 0.05) is 18.8 Å². The molecule has 0 aliphatic heterocycles. The van der Waals surface area contributed by atoms with Gasteiger partial charge >= 0.3 is 0 Å². The molecule has 0 aliphatic carbocycles. The number of hydrogen-bond donors (Lipinski definition) is 2. The molecule has 1 amide bonds. The van der Waals surface area contributed by atoms with Gasteiger partial charge in [0.05, 0.1) is 6.54 Å². The highest BCUT2D eigenvalue weighted by molar-refractivity contribution is 5.92. The SMILES string of the molecule is CCN(CCCO)CC(=O)Nc1ccc(C)cc1. The van der Waals surface area contributed by atoms with E-state index in [4.69, 9.17) is 5.11 Å². The Morgan fingerprint density at radius 2 is 2.00 bits per heavy atom. The number of carbonyl (C=O) groups is 1. The van der Waals surface area contributed by atoms with Gasteiger partial charge in [-0.3, -0.25) is 9.69 Å². The van der Waals surface area contributed by atoms with Gasteiger partial charge in [0.1, 0.15) is 0 Å². The quantitative estimate of drug-likeness (QED) is 0.773. The minimum atomic E-state index is -0.0151. The van der Waals surface area contributed by atoms with Gasteiger partial charge in [0.2, 0.25) is 5.91 Å². The number of aliphatic hydroxyl groups excluding tert-OH is 1. The van der Waals surface area contributed by atoms with Gasteiger partial charge in [-0.1, -0.05) is 24.6 Å². The van der Waals surface area contributed by atoms with Gasteiger partial charge in [-0.25, -0.2) is 0 Å². The van der Waals surface area contributed by atoms with E-state index in [1.165, 1.54) is 5.56 Å². The highest BCUT2D eigenvalue weighted by atomic mass is 16.3. The van der Waals surface area contributed by atoms with E-state index in [1.54, 1.807) is 0 Å². The van der Waals surface area contributed by atoms with Crippen LogP contribution in [0.2, 0.25) is 0 Å². The van der Waals surface area contributed by atoms with Crippen molar-refractivity contribution >= 4 is 11.6 Å². The van der Waals surface area contributed by atoms with Crippen LogP contribution >= 0.6 is 0 Å². The lowest BCUT2D eigenvalue weighted by Crippen LogP contribution is -2.34. The number of carbonyl (C=O) groups excluding carboxylic acids is 1. The predicted octanol–water partition coefficient (Wildman–Crippen LogP) is 1.64. The summed E-state index contributed by atoms with van der Waals surface area (Å²) in [5.41, 5.74) is 2.00. The Bertz CT molecular complexity index is 363. The number of benzene rings is 1. The van der Waals surface area contributed by atoms with Crippen LogP contribution in [0.15, 0.2) is 24.3 Å². The molecule has 0 spiro atoms. The van der Waals surface area contributed by atoms with E-state index in [0.29, 0.717) is 13.0 Å². The lowest BCUT2D eigenvalue weighted by atomic mass is 10.2. The van der Waals surface area contributed by atoms with Crippen LogP contribution < -0.4 is 5.32 Å². The van der Waals surface area contributed by atoms with E-state index < -0.39 is 0 Å². The fourth-order valence-electron chi connectivity index (χ4n) is 1.68. The van der Waals surface area contributed by atoms with Crippen molar-refractivity contribution in [1.82, 2.24) is 4.90 Å². The van der Waals surface area contributed by atoms with Gasteiger partial charge in [-0.15, -0.1) is 0 Å². The Balaban J connectivity index is 2.42. The molecule has 0 bridgehead atoms. The molecule has 18 heavy (non-hydrogen) atoms. The Hall–Kier alpha value is -1.39. The van der Waals surface area contributed by atoms with Gasteiger partial charge in [0.15, 0.2) is 0 Å². The molecule has 0 heterocycles. The number of amides is 1. The molecule has 0 unspecified atom stereocenters. The zero-order valence-electron chi connectivity index (χ0n) is 11.1. The zero-order valence-corrected chi connectivity index (χ0v) is 11.1. The molecule has 2 N–H and O–H groups in total. The molecule has 0 fully saturated rings. The molecule has 1 aromatic carbocycles. The highest BCUT2D eigenvalue weighted by Gasteiger charge is 2.08. The molecule has 0 radical (unpaired) electrons. The molecular weight excluding hydrogens is 228 g/mol. The van der Waals surface area contributed by atoms with Crippen LogP contribution in [0.5, 0.6) is 0 Å². The van der Waals surface area contributed by atoms with Crippen molar-refractivity contribution in [2.75, 3.05) is 31.6 Å². The van der Waals surface area contributed by atoms with Crippen LogP contribution in [0.3, 0.4) is 0 Å². The summed E-state index contributed by atoms with van der Waals surface area (Å²) in [6.45, 7) is 6.10. The third-order valence-corrected chi connectivity index (χ3v) is 2.78. The van der Waals surface area contributed by atoms with Crippen molar-refractivity contribution in [2.24, 2.45) is 0 Å². The third-order valence-electron chi connectivity index (χ3n) is 2.78. The van der Waals surface area contributed by atoms with Gasteiger partial charge in [0.25, 0.3) is 0 Å². The first-order chi connectivity index (χ1) is 8.65. The Kier molecular flexibility index (Phi) is 6.39. The van der Waals surface area contributed by atoms with Gasteiger partial charge < -0.3 is 10.4 Å². The van der Waals surface area contributed by atoms with Crippen LogP contribution in [0, 0.1) is 6.92 Å². The summed E-state index contributed by atoms with van der Waals surface area (Å²) in [7, 11) is 0. The molecule has 0 saturated heterocycles. The standard InChI is InChI=1S/C14H22N2O2/c1-3-16(9-4-10-17)11-14(18)15-13-7-5-12(2)6-8-13/h5-8,17H,3-4,9-11H2,1-2H3,(H,15,18). The van der Waals surface area contributed by atoms with E-state index >= 15 is 0 Å². The Labute approximate surface area is 109 Å². The highest BCUT2D eigenvalue weighted by Crippen LogP contribution is 2.08. The summed E-state index contributed by atoms with van der Waals surface area (Å²) in [4.78, 5) is 13.8. The number of hydrogen-bond acceptors (Lipinski definition) is 3. The van der Waals surface area contributed by atoms with E-state index in [1.807, 2.05) is 43.0 Å². The summed E-state index contributed by atoms with van der Waals surface area (Å²) < 4.78 is 0. The average molecular weight is 250 g/mol. The second-order valence-electron chi connectivity index (χ2n) is 4.36. The van der Waals surface area contributed by atoms with E-state index in [0.717, 1.165) is 18.8 Å². The maximum absolute atomic E-state index is 11.8. The van der Waals surface area contributed by atoms with Crippen LogP contribution in [0.25, 0.3) is 0 Å². The molecule has 0 aliphatic rings. The first-order valence-electron chi connectivity index (χ1n) is 6.35. The molecular formula is C14H22N2O2. The van der Waals surface area contributed by atoms with Crippen molar-refractivity contribution in [1.29, 1.82) is 0 Å². The number of nitrogens with one attached hydrogen (secondary N) is 1. The molecule has 0 saturated carbocycles. The largest absolute Gasteiger partial charge is 0.396 e. The number of likely N-dealkylation sites (N-methyl/N-ethyl adjacent to an activating group) is 1. The maximum atomic E-state index is 11.8. The molecule has 4 heteroatoms. The molecule has 1 rings (SSSR count). The molecule has 0 atom stereocenters. The summed E-state index contributed by atoms with van der Waals surface area (Å²) >= 11 is 0. The predicted molar refractivity (Wildman–Crippen MR) is 73.6 cm³/mol. The number of aryl methyl sites for hydroxylation is 1. The Morgan fingerprint density at radius 3 is 2.56 bits per heavy atom.